The molecule has 5 heteroatoms. The van der Waals surface area contributed by atoms with E-state index in [0.717, 1.165) is 19.5 Å². The maximum atomic E-state index is 10.8. The number of nitrogens with zero attached hydrogens (tertiary/aromatic N) is 2. The molecular formula is C14H24ClN3O. The third-order valence-corrected chi connectivity index (χ3v) is 4.21. The molecule has 0 saturated carbocycles. The second-order valence-electron chi connectivity index (χ2n) is 4.91. The Balaban J connectivity index is 3.20. The Hall–Kier alpha value is -0.840. The van der Waals surface area contributed by atoms with Crippen molar-refractivity contribution in [3.63, 3.8) is 0 Å². The standard InChI is InChI=1S/C14H24ClN3O/c1-5-14(4,18(6-2)7-3)12(19)11-8-10(15)9-17-13(11)16/h8-9,12,19H,5-7H2,1-4H3,(H2,16,17). The van der Waals surface area contributed by atoms with Crippen molar-refractivity contribution in [1.29, 1.82) is 0 Å². The smallest absolute Gasteiger partial charge is 0.129 e. The van der Waals surface area contributed by atoms with Crippen molar-refractivity contribution in [1.82, 2.24) is 9.88 Å². The summed E-state index contributed by atoms with van der Waals surface area (Å²) in [6.45, 7) is 10.0. The summed E-state index contributed by atoms with van der Waals surface area (Å²) in [5.74, 6) is 0.337. The Bertz CT molecular complexity index is 423. The van der Waals surface area contributed by atoms with E-state index in [9.17, 15) is 5.11 Å². The number of rotatable bonds is 6. The number of halogens is 1. The minimum Gasteiger partial charge on any atom is -0.386 e. The third kappa shape index (κ3) is 3.19. The van der Waals surface area contributed by atoms with Crippen molar-refractivity contribution in [2.75, 3.05) is 18.8 Å². The first-order valence-electron chi connectivity index (χ1n) is 6.74. The van der Waals surface area contributed by atoms with Crippen LogP contribution in [0.3, 0.4) is 0 Å². The van der Waals surface area contributed by atoms with Gasteiger partial charge in [-0.05, 0) is 32.5 Å². The van der Waals surface area contributed by atoms with E-state index in [4.69, 9.17) is 17.3 Å². The van der Waals surface area contributed by atoms with Crippen LogP contribution in [0.1, 0.15) is 45.8 Å². The second kappa shape index (κ2) is 6.55. The van der Waals surface area contributed by atoms with Gasteiger partial charge in [0.2, 0.25) is 0 Å². The average Bonchev–Trinajstić information content (AvgIpc) is 2.41. The first-order chi connectivity index (χ1) is 8.90. The van der Waals surface area contributed by atoms with E-state index >= 15 is 0 Å². The molecule has 0 saturated heterocycles. The van der Waals surface area contributed by atoms with Crippen LogP contribution in [-0.2, 0) is 0 Å². The Labute approximate surface area is 120 Å². The van der Waals surface area contributed by atoms with Crippen LogP contribution in [-0.4, -0.2) is 33.6 Å². The number of aromatic nitrogens is 1. The number of aliphatic hydroxyl groups excluding tert-OH is 1. The maximum Gasteiger partial charge on any atom is 0.129 e. The minimum absolute atomic E-state index is 0.337. The summed E-state index contributed by atoms with van der Waals surface area (Å²) in [7, 11) is 0. The highest BCUT2D eigenvalue weighted by Crippen LogP contribution is 2.36. The van der Waals surface area contributed by atoms with Gasteiger partial charge in [0.05, 0.1) is 5.02 Å². The van der Waals surface area contributed by atoms with Gasteiger partial charge in [0.1, 0.15) is 11.9 Å². The van der Waals surface area contributed by atoms with Gasteiger partial charge in [-0.1, -0.05) is 32.4 Å². The number of hydrogen-bond donors (Lipinski definition) is 2. The Morgan fingerprint density at radius 2 is 2.00 bits per heavy atom. The molecule has 0 aliphatic heterocycles. The highest BCUT2D eigenvalue weighted by molar-refractivity contribution is 6.30. The minimum atomic E-state index is -0.719. The quantitative estimate of drug-likeness (QED) is 0.844. The number of aliphatic hydroxyl groups is 1. The van der Waals surface area contributed by atoms with Crippen LogP contribution in [0.5, 0.6) is 0 Å². The molecule has 0 aromatic carbocycles. The van der Waals surface area contributed by atoms with Crippen LogP contribution in [0.25, 0.3) is 0 Å². The molecule has 1 rings (SSSR count). The summed E-state index contributed by atoms with van der Waals surface area (Å²) in [6.07, 6.45) is 1.58. The predicted octanol–water partition coefficient (Wildman–Crippen LogP) is 2.86. The fourth-order valence-electron chi connectivity index (χ4n) is 2.56. The lowest BCUT2D eigenvalue weighted by Gasteiger charge is -2.43. The molecule has 4 nitrogen and oxygen atoms in total. The van der Waals surface area contributed by atoms with Gasteiger partial charge < -0.3 is 10.8 Å². The average molecular weight is 286 g/mol. The number of likely N-dealkylation sites (N-methyl/N-ethyl adjacent to an activating group) is 1. The second-order valence-corrected chi connectivity index (χ2v) is 5.35. The van der Waals surface area contributed by atoms with Gasteiger partial charge in [-0.15, -0.1) is 0 Å². The molecule has 0 radical (unpaired) electrons. The lowest BCUT2D eigenvalue weighted by molar-refractivity contribution is -0.0211. The zero-order valence-electron chi connectivity index (χ0n) is 12.2. The molecule has 0 aliphatic carbocycles. The SMILES string of the molecule is CCN(CC)C(C)(CC)C(O)c1cc(Cl)cnc1N. The zero-order chi connectivity index (χ0) is 14.6. The normalized spacial score (nSPS) is 16.4. The first-order valence-corrected chi connectivity index (χ1v) is 7.12. The van der Waals surface area contributed by atoms with Gasteiger partial charge in [0, 0.05) is 17.3 Å². The van der Waals surface area contributed by atoms with Crippen molar-refractivity contribution in [2.24, 2.45) is 0 Å². The molecule has 108 valence electrons. The van der Waals surface area contributed by atoms with Crippen molar-refractivity contribution in [3.8, 4) is 0 Å². The highest BCUT2D eigenvalue weighted by Gasteiger charge is 2.38. The maximum absolute atomic E-state index is 10.8. The number of anilines is 1. The van der Waals surface area contributed by atoms with Gasteiger partial charge >= 0.3 is 0 Å². The molecule has 0 spiro atoms. The zero-order valence-corrected chi connectivity index (χ0v) is 12.9. The molecular weight excluding hydrogens is 262 g/mol. The van der Waals surface area contributed by atoms with E-state index in [-0.39, 0.29) is 5.54 Å². The first kappa shape index (κ1) is 16.2. The summed E-state index contributed by atoms with van der Waals surface area (Å²) in [6, 6.07) is 1.70. The van der Waals surface area contributed by atoms with E-state index < -0.39 is 6.10 Å². The molecule has 1 heterocycles. The molecule has 2 unspecified atom stereocenters. The van der Waals surface area contributed by atoms with Gasteiger partial charge in [-0.2, -0.15) is 0 Å². The highest BCUT2D eigenvalue weighted by atomic mass is 35.5. The molecule has 0 bridgehead atoms. The summed E-state index contributed by atoms with van der Waals surface area (Å²) < 4.78 is 0. The van der Waals surface area contributed by atoms with Gasteiger partial charge in [0.25, 0.3) is 0 Å². The monoisotopic (exact) mass is 285 g/mol. The summed E-state index contributed by atoms with van der Waals surface area (Å²) in [5.41, 5.74) is 6.09. The number of hydrogen-bond acceptors (Lipinski definition) is 4. The van der Waals surface area contributed by atoms with E-state index in [1.807, 2.05) is 6.92 Å². The van der Waals surface area contributed by atoms with E-state index in [1.165, 1.54) is 6.20 Å². The molecule has 19 heavy (non-hydrogen) atoms. The topological polar surface area (TPSA) is 62.4 Å². The van der Waals surface area contributed by atoms with Crippen molar-refractivity contribution in [2.45, 2.75) is 45.8 Å². The van der Waals surface area contributed by atoms with Crippen LogP contribution in [0, 0.1) is 0 Å². The fourth-order valence-corrected chi connectivity index (χ4v) is 2.72. The largest absolute Gasteiger partial charge is 0.386 e. The Morgan fingerprint density at radius 1 is 1.42 bits per heavy atom. The molecule has 0 amide bonds. The number of nitrogens with two attached hydrogens (primary N) is 1. The van der Waals surface area contributed by atoms with Gasteiger partial charge in [-0.3, -0.25) is 4.90 Å². The lowest BCUT2D eigenvalue weighted by Crippen LogP contribution is -2.50. The summed E-state index contributed by atoms with van der Waals surface area (Å²) >= 11 is 5.96. The lowest BCUT2D eigenvalue weighted by atomic mass is 9.85. The van der Waals surface area contributed by atoms with Crippen molar-refractivity contribution >= 4 is 17.4 Å². The molecule has 0 fully saturated rings. The number of nitrogen functional groups attached to an aromatic ring is 1. The van der Waals surface area contributed by atoms with E-state index in [0.29, 0.717) is 16.4 Å². The van der Waals surface area contributed by atoms with Gasteiger partial charge in [-0.25, -0.2) is 4.98 Å². The summed E-state index contributed by atoms with van der Waals surface area (Å²) in [4.78, 5) is 6.26. The van der Waals surface area contributed by atoms with Gasteiger partial charge in [0.15, 0.2) is 0 Å². The van der Waals surface area contributed by atoms with Crippen LogP contribution in [0.4, 0.5) is 5.82 Å². The van der Waals surface area contributed by atoms with Crippen LogP contribution in [0.2, 0.25) is 5.02 Å². The van der Waals surface area contributed by atoms with Crippen molar-refractivity contribution < 1.29 is 5.11 Å². The summed E-state index contributed by atoms with van der Waals surface area (Å²) in [5, 5.41) is 11.2. The van der Waals surface area contributed by atoms with E-state index in [2.05, 4.69) is 30.7 Å². The molecule has 1 aromatic heterocycles. The van der Waals surface area contributed by atoms with Crippen molar-refractivity contribution in [3.05, 3.63) is 22.8 Å². The Morgan fingerprint density at radius 3 is 2.47 bits per heavy atom. The third-order valence-electron chi connectivity index (χ3n) is 4.00. The molecule has 3 N–H and O–H groups in total. The van der Waals surface area contributed by atoms with E-state index in [1.54, 1.807) is 6.07 Å². The molecule has 1 aromatic rings. The number of pyridine rings is 1. The van der Waals surface area contributed by atoms with Crippen LogP contribution >= 0.6 is 11.6 Å². The van der Waals surface area contributed by atoms with Crippen LogP contribution < -0.4 is 5.73 Å². The Kier molecular flexibility index (Phi) is 5.59. The predicted molar refractivity (Wildman–Crippen MR) is 80.2 cm³/mol. The molecule has 2 atom stereocenters. The fraction of sp³-hybridized carbons (Fsp3) is 0.643. The molecule has 0 aliphatic rings. The van der Waals surface area contributed by atoms with Crippen LogP contribution in [0.15, 0.2) is 12.3 Å².